The molecule has 0 N–H and O–H groups in total. The Hall–Kier alpha value is -3.28. The Balaban J connectivity index is 1.69. The molecular formula is C20H19N5O. The predicted octanol–water partition coefficient (Wildman–Crippen LogP) is 4.16. The second-order valence-corrected chi connectivity index (χ2v) is 6.25. The molecule has 0 unspecified atom stereocenters. The Kier molecular flexibility index (Phi) is 4.08. The molecule has 4 aromatic rings. The maximum atomic E-state index is 5.43. The van der Waals surface area contributed by atoms with E-state index >= 15 is 0 Å². The molecule has 0 saturated heterocycles. The van der Waals surface area contributed by atoms with E-state index in [9.17, 15) is 0 Å². The van der Waals surface area contributed by atoms with Gasteiger partial charge in [-0.25, -0.2) is 4.68 Å². The Bertz CT molecular complexity index is 1050. The molecule has 130 valence electrons. The van der Waals surface area contributed by atoms with Crippen LogP contribution < -0.4 is 0 Å². The number of rotatable bonds is 4. The van der Waals surface area contributed by atoms with Crippen LogP contribution in [0, 0.1) is 13.8 Å². The van der Waals surface area contributed by atoms with Crippen molar-refractivity contribution in [2.24, 2.45) is 0 Å². The number of aryl methyl sites for hydroxylation is 2. The molecule has 0 aliphatic carbocycles. The van der Waals surface area contributed by atoms with Gasteiger partial charge < -0.3 is 4.52 Å². The summed E-state index contributed by atoms with van der Waals surface area (Å²) in [7, 11) is 0. The summed E-state index contributed by atoms with van der Waals surface area (Å²) in [6.07, 6.45) is 0.970. The Morgan fingerprint density at radius 3 is 2.62 bits per heavy atom. The molecule has 2 aromatic carbocycles. The van der Waals surface area contributed by atoms with Gasteiger partial charge in [-0.3, -0.25) is 0 Å². The van der Waals surface area contributed by atoms with Crippen molar-refractivity contribution in [1.82, 2.24) is 25.1 Å². The highest BCUT2D eigenvalue weighted by molar-refractivity contribution is 5.59. The highest BCUT2D eigenvalue weighted by atomic mass is 16.5. The fourth-order valence-electron chi connectivity index (χ4n) is 2.82. The first-order valence-electron chi connectivity index (χ1n) is 8.58. The topological polar surface area (TPSA) is 69.6 Å². The van der Waals surface area contributed by atoms with Crippen molar-refractivity contribution in [2.75, 3.05) is 0 Å². The first-order chi connectivity index (χ1) is 12.7. The summed E-state index contributed by atoms with van der Waals surface area (Å²) in [5.41, 5.74) is 5.77. The lowest BCUT2D eigenvalue weighted by Gasteiger charge is -2.04. The van der Waals surface area contributed by atoms with Crippen molar-refractivity contribution in [3.63, 3.8) is 0 Å². The highest BCUT2D eigenvalue weighted by Gasteiger charge is 2.19. The minimum Gasteiger partial charge on any atom is -0.332 e. The van der Waals surface area contributed by atoms with Gasteiger partial charge in [0.2, 0.25) is 5.82 Å². The van der Waals surface area contributed by atoms with Crippen LogP contribution in [0.5, 0.6) is 0 Å². The van der Waals surface area contributed by atoms with Crippen LogP contribution in [-0.2, 0) is 6.42 Å². The Labute approximate surface area is 151 Å². The zero-order chi connectivity index (χ0) is 18.1. The predicted molar refractivity (Wildman–Crippen MR) is 98.9 cm³/mol. The number of aromatic nitrogens is 5. The summed E-state index contributed by atoms with van der Waals surface area (Å²) < 4.78 is 7.23. The lowest BCUT2D eigenvalue weighted by Crippen LogP contribution is -1.99. The normalized spacial score (nSPS) is 11.0. The summed E-state index contributed by atoms with van der Waals surface area (Å²) in [4.78, 5) is 4.49. The van der Waals surface area contributed by atoms with E-state index in [1.54, 1.807) is 4.68 Å². The minimum absolute atomic E-state index is 0.371. The van der Waals surface area contributed by atoms with E-state index in [1.165, 1.54) is 11.1 Å². The Morgan fingerprint density at radius 2 is 1.85 bits per heavy atom. The van der Waals surface area contributed by atoms with Crippen molar-refractivity contribution < 1.29 is 4.52 Å². The van der Waals surface area contributed by atoms with Crippen LogP contribution in [0.25, 0.3) is 28.7 Å². The van der Waals surface area contributed by atoms with Crippen LogP contribution in [-0.4, -0.2) is 25.1 Å². The van der Waals surface area contributed by atoms with Crippen LogP contribution >= 0.6 is 0 Å². The largest absolute Gasteiger partial charge is 0.332 e. The maximum absolute atomic E-state index is 5.43. The fraction of sp³-hybridized carbons (Fsp3) is 0.200. The molecular weight excluding hydrogens is 326 g/mol. The van der Waals surface area contributed by atoms with Crippen molar-refractivity contribution in [3.05, 3.63) is 65.4 Å². The van der Waals surface area contributed by atoms with Crippen molar-refractivity contribution in [2.45, 2.75) is 27.2 Å². The zero-order valence-corrected chi connectivity index (χ0v) is 15.0. The van der Waals surface area contributed by atoms with Crippen LogP contribution in [0.2, 0.25) is 0 Å². The van der Waals surface area contributed by atoms with Gasteiger partial charge in [-0.15, -0.1) is 5.10 Å². The molecule has 0 spiro atoms. The SMILES string of the molecule is CCc1cccc(-n2nnc(-c3nc(-c4ccc(C)cc4)no3)c2C)c1. The van der Waals surface area contributed by atoms with Gasteiger partial charge in [0, 0.05) is 5.56 Å². The second kappa shape index (κ2) is 6.55. The highest BCUT2D eigenvalue weighted by Crippen LogP contribution is 2.24. The van der Waals surface area contributed by atoms with Crippen molar-refractivity contribution >= 4 is 0 Å². The van der Waals surface area contributed by atoms with E-state index in [0.717, 1.165) is 23.4 Å². The van der Waals surface area contributed by atoms with Crippen molar-refractivity contribution in [1.29, 1.82) is 0 Å². The molecule has 2 aromatic heterocycles. The van der Waals surface area contributed by atoms with E-state index in [4.69, 9.17) is 4.52 Å². The fourth-order valence-corrected chi connectivity index (χ4v) is 2.82. The van der Waals surface area contributed by atoms with Gasteiger partial charge in [0.15, 0.2) is 5.69 Å². The molecule has 6 heteroatoms. The lowest BCUT2D eigenvalue weighted by atomic mass is 10.1. The van der Waals surface area contributed by atoms with E-state index in [1.807, 2.05) is 50.2 Å². The van der Waals surface area contributed by atoms with Gasteiger partial charge in [-0.1, -0.05) is 59.3 Å². The zero-order valence-electron chi connectivity index (χ0n) is 15.0. The summed E-state index contributed by atoms with van der Waals surface area (Å²) in [5, 5.41) is 12.6. The molecule has 6 nitrogen and oxygen atoms in total. The molecule has 26 heavy (non-hydrogen) atoms. The molecule has 0 fully saturated rings. The summed E-state index contributed by atoms with van der Waals surface area (Å²) >= 11 is 0. The third-order valence-corrected chi connectivity index (χ3v) is 4.40. The first kappa shape index (κ1) is 16.2. The number of hydrogen-bond acceptors (Lipinski definition) is 5. The number of nitrogens with zero attached hydrogens (tertiary/aromatic N) is 5. The van der Waals surface area contributed by atoms with Crippen LogP contribution in [0.4, 0.5) is 0 Å². The monoisotopic (exact) mass is 345 g/mol. The van der Waals surface area contributed by atoms with E-state index in [0.29, 0.717) is 17.4 Å². The third-order valence-electron chi connectivity index (χ3n) is 4.40. The number of benzene rings is 2. The molecule has 0 amide bonds. The Morgan fingerprint density at radius 1 is 1.04 bits per heavy atom. The average molecular weight is 345 g/mol. The molecule has 0 aliphatic rings. The number of hydrogen-bond donors (Lipinski definition) is 0. The van der Waals surface area contributed by atoms with Gasteiger partial charge in [-0.2, -0.15) is 4.98 Å². The molecule has 4 rings (SSSR count). The second-order valence-electron chi connectivity index (χ2n) is 6.25. The summed E-state index contributed by atoms with van der Waals surface area (Å²) in [6, 6.07) is 16.2. The first-order valence-corrected chi connectivity index (χ1v) is 8.58. The van der Waals surface area contributed by atoms with E-state index < -0.39 is 0 Å². The minimum atomic E-state index is 0.371. The third kappa shape index (κ3) is 2.90. The smallest absolute Gasteiger partial charge is 0.280 e. The van der Waals surface area contributed by atoms with Crippen molar-refractivity contribution in [3.8, 4) is 28.7 Å². The molecule has 0 radical (unpaired) electrons. The van der Waals surface area contributed by atoms with Gasteiger partial charge in [0.1, 0.15) is 0 Å². The molecule has 0 bridgehead atoms. The summed E-state index contributed by atoms with van der Waals surface area (Å²) in [5.74, 6) is 0.915. The maximum Gasteiger partial charge on any atom is 0.280 e. The summed E-state index contributed by atoms with van der Waals surface area (Å²) in [6.45, 7) is 6.12. The van der Waals surface area contributed by atoms with Gasteiger partial charge in [0.05, 0.1) is 11.4 Å². The van der Waals surface area contributed by atoms with E-state index in [2.05, 4.69) is 39.5 Å². The van der Waals surface area contributed by atoms with Crippen LogP contribution in [0.1, 0.15) is 23.7 Å². The van der Waals surface area contributed by atoms with E-state index in [-0.39, 0.29) is 0 Å². The lowest BCUT2D eigenvalue weighted by molar-refractivity contribution is 0.430. The quantitative estimate of drug-likeness (QED) is 0.555. The van der Waals surface area contributed by atoms with Crippen LogP contribution in [0.15, 0.2) is 53.1 Å². The van der Waals surface area contributed by atoms with Gasteiger partial charge in [0.25, 0.3) is 5.89 Å². The van der Waals surface area contributed by atoms with Gasteiger partial charge >= 0.3 is 0 Å². The van der Waals surface area contributed by atoms with Gasteiger partial charge in [-0.05, 0) is 38.0 Å². The average Bonchev–Trinajstić information content (AvgIpc) is 3.29. The standard InChI is InChI=1S/C20H19N5O/c1-4-15-6-5-7-17(12-15)25-14(3)18(22-24-25)20-21-19(23-26-20)16-10-8-13(2)9-11-16/h5-12H,4H2,1-3H3. The van der Waals surface area contributed by atoms with Crippen LogP contribution in [0.3, 0.4) is 0 Å². The molecule has 0 saturated carbocycles. The molecule has 0 atom stereocenters. The molecule has 0 aliphatic heterocycles. The molecule has 2 heterocycles.